The molecular formula is C12H18INO. The molecule has 3 heteroatoms. The van der Waals surface area contributed by atoms with E-state index < -0.39 is 0 Å². The fraction of sp³-hybridized carbons (Fsp3) is 0.500. The summed E-state index contributed by atoms with van der Waals surface area (Å²) in [5.74, 6) is 0.952. The highest BCUT2D eigenvalue weighted by atomic mass is 127. The van der Waals surface area contributed by atoms with Gasteiger partial charge in [-0.05, 0) is 60.7 Å². The van der Waals surface area contributed by atoms with Crippen LogP contribution in [-0.2, 0) is 0 Å². The standard InChI is InChI=1S/C12H18INO/c1-3-7-14-9-10(2)15-12-6-4-5-11(13)8-12/h4-6,8,10,14H,3,7,9H2,1-2H3. The largest absolute Gasteiger partial charge is 0.489 e. The van der Waals surface area contributed by atoms with Gasteiger partial charge in [0.05, 0.1) is 0 Å². The van der Waals surface area contributed by atoms with Crippen LogP contribution in [-0.4, -0.2) is 19.2 Å². The molecule has 1 aromatic rings. The summed E-state index contributed by atoms with van der Waals surface area (Å²) >= 11 is 2.29. The molecule has 0 saturated heterocycles. The zero-order valence-electron chi connectivity index (χ0n) is 9.29. The summed E-state index contributed by atoms with van der Waals surface area (Å²) in [5.41, 5.74) is 0. The van der Waals surface area contributed by atoms with Crippen LogP contribution < -0.4 is 10.1 Å². The molecule has 1 aromatic carbocycles. The van der Waals surface area contributed by atoms with Gasteiger partial charge in [-0.3, -0.25) is 0 Å². The SMILES string of the molecule is CCCNCC(C)Oc1cccc(I)c1. The van der Waals surface area contributed by atoms with E-state index >= 15 is 0 Å². The summed E-state index contributed by atoms with van der Waals surface area (Å²) in [4.78, 5) is 0. The lowest BCUT2D eigenvalue weighted by Crippen LogP contribution is -2.29. The maximum Gasteiger partial charge on any atom is 0.120 e. The van der Waals surface area contributed by atoms with Gasteiger partial charge < -0.3 is 10.1 Å². The Kier molecular flexibility index (Phi) is 6.02. The van der Waals surface area contributed by atoms with Crippen molar-refractivity contribution < 1.29 is 4.74 Å². The van der Waals surface area contributed by atoms with E-state index in [1.54, 1.807) is 0 Å². The predicted molar refractivity (Wildman–Crippen MR) is 72.4 cm³/mol. The topological polar surface area (TPSA) is 21.3 Å². The molecule has 0 saturated carbocycles. The summed E-state index contributed by atoms with van der Waals surface area (Å²) < 4.78 is 6.98. The second-order valence-electron chi connectivity index (χ2n) is 3.59. The Labute approximate surface area is 106 Å². The van der Waals surface area contributed by atoms with Gasteiger partial charge in [0.2, 0.25) is 0 Å². The van der Waals surface area contributed by atoms with Gasteiger partial charge in [0.15, 0.2) is 0 Å². The minimum absolute atomic E-state index is 0.217. The zero-order chi connectivity index (χ0) is 11.1. The Morgan fingerprint density at radius 1 is 1.47 bits per heavy atom. The summed E-state index contributed by atoms with van der Waals surface area (Å²) in [6.45, 7) is 6.21. The van der Waals surface area contributed by atoms with Gasteiger partial charge in [-0.25, -0.2) is 0 Å². The fourth-order valence-electron chi connectivity index (χ4n) is 1.30. The molecule has 2 nitrogen and oxygen atoms in total. The minimum atomic E-state index is 0.217. The molecule has 0 radical (unpaired) electrons. The van der Waals surface area contributed by atoms with E-state index in [4.69, 9.17) is 4.74 Å². The van der Waals surface area contributed by atoms with Crippen LogP contribution in [0.3, 0.4) is 0 Å². The predicted octanol–water partition coefficient (Wildman–Crippen LogP) is 3.06. The number of halogens is 1. The molecule has 0 amide bonds. The Morgan fingerprint density at radius 3 is 2.93 bits per heavy atom. The first-order chi connectivity index (χ1) is 7.22. The van der Waals surface area contributed by atoms with Gasteiger partial charge in [0, 0.05) is 10.1 Å². The minimum Gasteiger partial charge on any atom is -0.489 e. The van der Waals surface area contributed by atoms with Crippen molar-refractivity contribution >= 4 is 22.6 Å². The third-order valence-corrected chi connectivity index (χ3v) is 2.66. The van der Waals surface area contributed by atoms with Crippen molar-refractivity contribution in [2.75, 3.05) is 13.1 Å². The highest BCUT2D eigenvalue weighted by Crippen LogP contribution is 2.15. The molecular weight excluding hydrogens is 301 g/mol. The van der Waals surface area contributed by atoms with Crippen molar-refractivity contribution in [1.29, 1.82) is 0 Å². The van der Waals surface area contributed by atoms with Crippen LogP contribution in [0.25, 0.3) is 0 Å². The molecule has 1 unspecified atom stereocenters. The van der Waals surface area contributed by atoms with Gasteiger partial charge in [-0.15, -0.1) is 0 Å². The second kappa shape index (κ2) is 7.06. The highest BCUT2D eigenvalue weighted by Gasteiger charge is 2.02. The number of ether oxygens (including phenoxy) is 1. The van der Waals surface area contributed by atoms with Crippen molar-refractivity contribution in [3.05, 3.63) is 27.8 Å². The lowest BCUT2D eigenvalue weighted by Gasteiger charge is -2.15. The second-order valence-corrected chi connectivity index (χ2v) is 4.84. The van der Waals surface area contributed by atoms with Crippen LogP contribution in [0.1, 0.15) is 20.3 Å². The maximum atomic E-state index is 5.77. The number of nitrogens with one attached hydrogen (secondary N) is 1. The molecule has 0 heterocycles. The lowest BCUT2D eigenvalue weighted by molar-refractivity contribution is 0.217. The van der Waals surface area contributed by atoms with E-state index in [0.29, 0.717) is 0 Å². The molecule has 0 spiro atoms. The van der Waals surface area contributed by atoms with Crippen molar-refractivity contribution in [2.45, 2.75) is 26.4 Å². The van der Waals surface area contributed by atoms with Gasteiger partial charge in [0.25, 0.3) is 0 Å². The number of rotatable bonds is 6. The van der Waals surface area contributed by atoms with E-state index in [9.17, 15) is 0 Å². The molecule has 0 aliphatic heterocycles. The highest BCUT2D eigenvalue weighted by molar-refractivity contribution is 14.1. The van der Waals surface area contributed by atoms with E-state index in [-0.39, 0.29) is 6.10 Å². The molecule has 0 aliphatic rings. The molecule has 15 heavy (non-hydrogen) atoms. The van der Waals surface area contributed by atoms with Crippen LogP contribution in [0.4, 0.5) is 0 Å². The zero-order valence-corrected chi connectivity index (χ0v) is 11.5. The summed E-state index contributed by atoms with van der Waals surface area (Å²) in [6.07, 6.45) is 1.38. The normalized spacial score (nSPS) is 12.5. The number of benzene rings is 1. The fourth-order valence-corrected chi connectivity index (χ4v) is 1.81. The molecule has 0 fully saturated rings. The first-order valence-corrected chi connectivity index (χ1v) is 6.43. The number of hydrogen-bond donors (Lipinski definition) is 1. The molecule has 0 aromatic heterocycles. The third-order valence-electron chi connectivity index (χ3n) is 1.99. The Balaban J connectivity index is 2.34. The van der Waals surface area contributed by atoms with Crippen molar-refractivity contribution in [2.24, 2.45) is 0 Å². The van der Waals surface area contributed by atoms with E-state index in [1.807, 2.05) is 12.1 Å². The Bertz CT molecular complexity index is 291. The summed E-state index contributed by atoms with van der Waals surface area (Å²) in [7, 11) is 0. The Hall–Kier alpha value is -0.290. The van der Waals surface area contributed by atoms with Crippen LogP contribution in [0.2, 0.25) is 0 Å². The molecule has 1 N–H and O–H groups in total. The number of hydrogen-bond acceptors (Lipinski definition) is 2. The van der Waals surface area contributed by atoms with E-state index in [0.717, 1.165) is 25.3 Å². The molecule has 0 bridgehead atoms. The van der Waals surface area contributed by atoms with E-state index in [2.05, 4.69) is 53.9 Å². The lowest BCUT2D eigenvalue weighted by atomic mass is 10.3. The molecule has 84 valence electrons. The van der Waals surface area contributed by atoms with Crippen LogP contribution in [0, 0.1) is 3.57 Å². The smallest absolute Gasteiger partial charge is 0.120 e. The third kappa shape index (κ3) is 5.37. The van der Waals surface area contributed by atoms with Crippen LogP contribution in [0.5, 0.6) is 5.75 Å². The van der Waals surface area contributed by atoms with Crippen molar-refractivity contribution in [1.82, 2.24) is 5.32 Å². The van der Waals surface area contributed by atoms with Crippen LogP contribution in [0.15, 0.2) is 24.3 Å². The van der Waals surface area contributed by atoms with Gasteiger partial charge in [-0.1, -0.05) is 13.0 Å². The monoisotopic (exact) mass is 319 g/mol. The molecule has 1 rings (SSSR count). The average Bonchev–Trinajstić information content (AvgIpc) is 2.18. The maximum absolute atomic E-state index is 5.77. The first kappa shape index (κ1) is 12.8. The van der Waals surface area contributed by atoms with Crippen molar-refractivity contribution in [3.63, 3.8) is 0 Å². The molecule has 0 aliphatic carbocycles. The van der Waals surface area contributed by atoms with Crippen molar-refractivity contribution in [3.8, 4) is 5.75 Å². The Morgan fingerprint density at radius 2 is 2.27 bits per heavy atom. The molecule has 1 atom stereocenters. The summed E-state index contributed by atoms with van der Waals surface area (Å²) in [6, 6.07) is 8.13. The van der Waals surface area contributed by atoms with Gasteiger partial charge in [0.1, 0.15) is 11.9 Å². The first-order valence-electron chi connectivity index (χ1n) is 5.35. The summed E-state index contributed by atoms with van der Waals surface area (Å²) in [5, 5.41) is 3.34. The quantitative estimate of drug-likeness (QED) is 0.643. The van der Waals surface area contributed by atoms with Crippen LogP contribution >= 0.6 is 22.6 Å². The average molecular weight is 319 g/mol. The van der Waals surface area contributed by atoms with E-state index in [1.165, 1.54) is 3.57 Å². The van der Waals surface area contributed by atoms with Gasteiger partial charge >= 0.3 is 0 Å². The van der Waals surface area contributed by atoms with Gasteiger partial charge in [-0.2, -0.15) is 0 Å².